The molecule has 1 atom stereocenters. The highest BCUT2D eigenvalue weighted by atomic mass is 79.9. The zero-order chi connectivity index (χ0) is 14.9. The average Bonchev–Trinajstić information content (AvgIpc) is 2.78. The largest absolute Gasteiger partial charge is 0.458 e. The molecule has 0 fully saturated rings. The third kappa shape index (κ3) is 3.21. The molecular weight excluding hydrogens is 350 g/mol. The third-order valence-corrected chi connectivity index (χ3v) is 3.37. The quantitative estimate of drug-likeness (QED) is 0.835. The highest BCUT2D eigenvalue weighted by Crippen LogP contribution is 2.32. The third-order valence-electron chi connectivity index (χ3n) is 2.50. The van der Waals surface area contributed by atoms with Crippen molar-refractivity contribution in [1.82, 2.24) is 4.98 Å². The SMILES string of the molecule is CC(C)OC(=O)c1nc(C2CC(Br)=NO2)cc(N)c1Cl. The van der Waals surface area contributed by atoms with Crippen molar-refractivity contribution in [3.05, 3.63) is 22.5 Å². The van der Waals surface area contributed by atoms with Gasteiger partial charge in [-0.3, -0.25) is 0 Å². The Morgan fingerprint density at radius 1 is 1.65 bits per heavy atom. The van der Waals surface area contributed by atoms with Crippen molar-refractivity contribution in [3.63, 3.8) is 0 Å². The van der Waals surface area contributed by atoms with Crippen molar-refractivity contribution in [2.45, 2.75) is 32.5 Å². The summed E-state index contributed by atoms with van der Waals surface area (Å²) in [4.78, 5) is 21.3. The molecule has 0 radical (unpaired) electrons. The van der Waals surface area contributed by atoms with E-state index in [1.54, 1.807) is 19.9 Å². The number of rotatable bonds is 3. The van der Waals surface area contributed by atoms with E-state index in [0.717, 1.165) is 0 Å². The Hall–Kier alpha value is -1.34. The van der Waals surface area contributed by atoms with E-state index in [-0.39, 0.29) is 22.5 Å². The van der Waals surface area contributed by atoms with Crippen LogP contribution in [0.25, 0.3) is 0 Å². The number of anilines is 1. The van der Waals surface area contributed by atoms with Gasteiger partial charge in [-0.15, -0.1) is 0 Å². The molecule has 2 rings (SSSR count). The molecule has 8 heteroatoms. The lowest BCUT2D eigenvalue weighted by Gasteiger charge is -2.13. The molecule has 108 valence electrons. The van der Waals surface area contributed by atoms with Gasteiger partial charge >= 0.3 is 5.97 Å². The lowest BCUT2D eigenvalue weighted by atomic mass is 10.1. The molecule has 2 N–H and O–H groups in total. The fourth-order valence-corrected chi connectivity index (χ4v) is 2.20. The molecule has 0 saturated heterocycles. The maximum Gasteiger partial charge on any atom is 0.358 e. The number of ether oxygens (including phenoxy) is 1. The van der Waals surface area contributed by atoms with Crippen molar-refractivity contribution in [3.8, 4) is 0 Å². The molecule has 1 aliphatic heterocycles. The molecule has 1 aliphatic rings. The van der Waals surface area contributed by atoms with Gasteiger partial charge in [0.1, 0.15) is 4.62 Å². The number of hydrogen-bond acceptors (Lipinski definition) is 6. The maximum absolute atomic E-state index is 12.0. The maximum atomic E-state index is 12.0. The first-order valence-corrected chi connectivity index (χ1v) is 7.10. The van der Waals surface area contributed by atoms with Crippen LogP contribution in [0.2, 0.25) is 5.02 Å². The number of nitrogen functional groups attached to an aromatic ring is 1. The molecule has 0 aromatic carbocycles. The van der Waals surface area contributed by atoms with Gasteiger partial charge in [-0.05, 0) is 35.8 Å². The van der Waals surface area contributed by atoms with Crippen LogP contribution in [0.3, 0.4) is 0 Å². The van der Waals surface area contributed by atoms with Crippen molar-refractivity contribution in [2.75, 3.05) is 5.73 Å². The molecule has 6 nitrogen and oxygen atoms in total. The van der Waals surface area contributed by atoms with Gasteiger partial charge in [-0.25, -0.2) is 9.78 Å². The summed E-state index contributed by atoms with van der Waals surface area (Å²) in [6.45, 7) is 3.48. The zero-order valence-corrected chi connectivity index (χ0v) is 13.2. The Kier molecular flexibility index (Phi) is 4.49. The normalized spacial score (nSPS) is 17.9. The molecule has 1 unspecified atom stereocenters. The minimum Gasteiger partial charge on any atom is -0.458 e. The van der Waals surface area contributed by atoms with E-state index in [2.05, 4.69) is 26.1 Å². The van der Waals surface area contributed by atoms with Gasteiger partial charge < -0.3 is 15.3 Å². The lowest BCUT2D eigenvalue weighted by molar-refractivity contribution is 0.0368. The van der Waals surface area contributed by atoms with Crippen LogP contribution in [-0.2, 0) is 9.57 Å². The van der Waals surface area contributed by atoms with E-state index in [1.807, 2.05) is 0 Å². The number of pyridine rings is 1. The zero-order valence-electron chi connectivity index (χ0n) is 10.9. The molecule has 0 saturated carbocycles. The number of nitrogens with two attached hydrogens (primary N) is 1. The van der Waals surface area contributed by atoms with Gasteiger partial charge in [0.05, 0.1) is 22.5 Å². The van der Waals surface area contributed by atoms with E-state index in [0.29, 0.717) is 16.7 Å². The predicted octanol–water partition coefficient (Wildman–Crippen LogP) is 3.05. The second kappa shape index (κ2) is 5.97. The first-order chi connectivity index (χ1) is 9.38. The van der Waals surface area contributed by atoms with Crippen LogP contribution in [0.4, 0.5) is 5.69 Å². The van der Waals surface area contributed by atoms with Crippen LogP contribution in [0.5, 0.6) is 0 Å². The minimum absolute atomic E-state index is 0.0120. The topological polar surface area (TPSA) is 86.8 Å². The summed E-state index contributed by atoms with van der Waals surface area (Å²) in [5.74, 6) is -0.614. The van der Waals surface area contributed by atoms with Crippen LogP contribution in [0.1, 0.15) is 42.6 Å². The van der Waals surface area contributed by atoms with Gasteiger partial charge in [-0.2, -0.15) is 0 Å². The van der Waals surface area contributed by atoms with Gasteiger partial charge in [-0.1, -0.05) is 16.8 Å². The Morgan fingerprint density at radius 2 is 2.35 bits per heavy atom. The lowest BCUT2D eigenvalue weighted by Crippen LogP contribution is -2.16. The number of oxime groups is 1. The van der Waals surface area contributed by atoms with Gasteiger partial charge in [0.25, 0.3) is 0 Å². The molecule has 0 amide bonds. The fraction of sp³-hybridized carbons (Fsp3) is 0.417. The van der Waals surface area contributed by atoms with Crippen LogP contribution in [0.15, 0.2) is 11.2 Å². The van der Waals surface area contributed by atoms with Crippen molar-refractivity contribution >= 4 is 43.8 Å². The number of hydrogen-bond donors (Lipinski definition) is 1. The number of carbonyl (C=O) groups excluding carboxylic acids is 1. The highest BCUT2D eigenvalue weighted by Gasteiger charge is 2.26. The Morgan fingerprint density at radius 3 is 2.90 bits per heavy atom. The van der Waals surface area contributed by atoms with E-state index in [4.69, 9.17) is 26.9 Å². The first-order valence-electron chi connectivity index (χ1n) is 5.93. The van der Waals surface area contributed by atoms with E-state index in [9.17, 15) is 4.79 Å². The van der Waals surface area contributed by atoms with Crippen LogP contribution in [-0.4, -0.2) is 21.7 Å². The molecule has 20 heavy (non-hydrogen) atoms. The van der Waals surface area contributed by atoms with Gasteiger partial charge in [0.2, 0.25) is 0 Å². The minimum atomic E-state index is -0.614. The average molecular weight is 363 g/mol. The smallest absolute Gasteiger partial charge is 0.358 e. The number of esters is 1. The summed E-state index contributed by atoms with van der Waals surface area (Å²) in [5, 5.41) is 3.85. The summed E-state index contributed by atoms with van der Waals surface area (Å²) < 4.78 is 5.76. The molecule has 1 aromatic heterocycles. The number of halogens is 2. The fourth-order valence-electron chi connectivity index (χ4n) is 1.65. The molecule has 0 aliphatic carbocycles. The van der Waals surface area contributed by atoms with Gasteiger partial charge in [0.15, 0.2) is 11.8 Å². The predicted molar refractivity (Wildman–Crippen MR) is 79.0 cm³/mol. The van der Waals surface area contributed by atoms with E-state index >= 15 is 0 Å². The Bertz CT molecular complexity index is 577. The summed E-state index contributed by atoms with van der Waals surface area (Å²) in [7, 11) is 0. The summed E-state index contributed by atoms with van der Waals surface area (Å²) >= 11 is 9.25. The van der Waals surface area contributed by atoms with Gasteiger partial charge in [0, 0.05) is 6.42 Å². The second-order valence-corrected chi connectivity index (χ2v) is 5.81. The second-order valence-electron chi connectivity index (χ2n) is 4.52. The number of aromatic nitrogens is 1. The van der Waals surface area contributed by atoms with Crippen molar-refractivity contribution < 1.29 is 14.4 Å². The molecule has 1 aromatic rings. The first kappa shape index (κ1) is 15.1. The molecular formula is C12H13BrClN3O3. The van der Waals surface area contributed by atoms with Crippen LogP contribution >= 0.6 is 27.5 Å². The Labute approximate surface area is 129 Å². The summed E-state index contributed by atoms with van der Waals surface area (Å²) in [5.41, 5.74) is 6.53. The van der Waals surface area contributed by atoms with Crippen LogP contribution in [0, 0.1) is 0 Å². The summed E-state index contributed by atoms with van der Waals surface area (Å²) in [6.07, 6.45) is -0.146. The van der Waals surface area contributed by atoms with Crippen molar-refractivity contribution in [1.29, 1.82) is 0 Å². The number of carbonyl (C=O) groups is 1. The molecule has 0 bridgehead atoms. The monoisotopic (exact) mass is 361 g/mol. The van der Waals surface area contributed by atoms with E-state index < -0.39 is 12.1 Å². The van der Waals surface area contributed by atoms with E-state index in [1.165, 1.54) is 0 Å². The Balaban J connectivity index is 2.32. The molecule has 2 heterocycles. The summed E-state index contributed by atoms with van der Waals surface area (Å²) in [6, 6.07) is 1.57. The molecule has 0 spiro atoms. The van der Waals surface area contributed by atoms with Crippen molar-refractivity contribution in [2.24, 2.45) is 5.16 Å². The van der Waals surface area contributed by atoms with Crippen LogP contribution < -0.4 is 5.73 Å². The highest BCUT2D eigenvalue weighted by molar-refractivity contribution is 9.18. The number of nitrogens with zero attached hydrogens (tertiary/aromatic N) is 2. The standard InChI is InChI=1S/C12H13BrClN3O3/c1-5(2)19-12(18)11-10(14)6(15)3-7(16-11)8-4-9(13)17-20-8/h3,5,8H,4H2,1-2H3,(H2,15,16).